The predicted molar refractivity (Wildman–Crippen MR) is 66.0 cm³/mol. The van der Waals surface area contributed by atoms with Crippen LogP contribution in [0.1, 0.15) is 24.8 Å². The summed E-state index contributed by atoms with van der Waals surface area (Å²) in [5.41, 5.74) is 0. The summed E-state index contributed by atoms with van der Waals surface area (Å²) in [6, 6.07) is 3.04. The molecule has 16 heavy (non-hydrogen) atoms. The van der Waals surface area contributed by atoms with Crippen molar-refractivity contribution in [1.29, 1.82) is 0 Å². The van der Waals surface area contributed by atoms with Crippen LogP contribution in [-0.2, 0) is 0 Å². The van der Waals surface area contributed by atoms with Gasteiger partial charge in [0, 0.05) is 4.88 Å². The van der Waals surface area contributed by atoms with Crippen LogP contribution in [0.15, 0.2) is 12.1 Å². The van der Waals surface area contributed by atoms with Gasteiger partial charge in [0.25, 0.3) is 0 Å². The fraction of sp³-hybridized carbons (Fsp3) is 0.500. The summed E-state index contributed by atoms with van der Waals surface area (Å²) >= 11 is 7.24. The summed E-state index contributed by atoms with van der Waals surface area (Å²) < 4.78 is 0.702. The normalized spacial score (nSPS) is 14.2. The van der Waals surface area contributed by atoms with E-state index in [2.05, 4.69) is 10.6 Å². The molecule has 0 radical (unpaired) electrons. The van der Waals surface area contributed by atoms with Crippen LogP contribution in [0.5, 0.6) is 0 Å². The highest BCUT2D eigenvalue weighted by molar-refractivity contribution is 7.16. The van der Waals surface area contributed by atoms with Gasteiger partial charge < -0.3 is 15.7 Å². The molecule has 1 aromatic rings. The Morgan fingerprint density at radius 3 is 2.69 bits per heavy atom. The summed E-state index contributed by atoms with van der Waals surface area (Å²) in [6.45, 7) is 3.53. The lowest BCUT2D eigenvalue weighted by atomic mass is 10.3. The molecule has 0 aliphatic heterocycles. The second kappa shape index (κ2) is 6.08. The van der Waals surface area contributed by atoms with Crippen LogP contribution in [0.3, 0.4) is 0 Å². The Hall–Kier alpha value is -0.780. The first-order chi connectivity index (χ1) is 7.52. The number of urea groups is 1. The molecule has 0 aromatic carbocycles. The van der Waals surface area contributed by atoms with Crippen molar-refractivity contribution in [2.24, 2.45) is 0 Å². The van der Waals surface area contributed by atoms with Crippen LogP contribution in [0.25, 0.3) is 0 Å². The average Bonchev–Trinajstić information content (AvgIpc) is 2.64. The number of halogens is 1. The molecule has 0 fully saturated rings. The van der Waals surface area contributed by atoms with Crippen molar-refractivity contribution in [2.75, 3.05) is 6.61 Å². The standard InChI is InChI=1S/C10H15ClN2O2S/c1-6(5-14)12-10(15)13-7(2)8-3-4-9(11)16-8/h3-4,6-7,14H,5H2,1-2H3,(H2,12,13,15)/t6-,7?/m0/s1. The second-order valence-electron chi connectivity index (χ2n) is 3.56. The largest absolute Gasteiger partial charge is 0.394 e. The van der Waals surface area contributed by atoms with E-state index < -0.39 is 0 Å². The fourth-order valence-electron chi connectivity index (χ4n) is 1.14. The van der Waals surface area contributed by atoms with Crippen molar-refractivity contribution in [3.05, 3.63) is 21.3 Å². The van der Waals surface area contributed by atoms with Crippen LogP contribution < -0.4 is 10.6 Å². The monoisotopic (exact) mass is 262 g/mol. The van der Waals surface area contributed by atoms with Gasteiger partial charge in [0.15, 0.2) is 0 Å². The van der Waals surface area contributed by atoms with Crippen molar-refractivity contribution in [3.63, 3.8) is 0 Å². The van der Waals surface area contributed by atoms with Crippen molar-refractivity contribution in [1.82, 2.24) is 10.6 Å². The lowest BCUT2D eigenvalue weighted by Crippen LogP contribution is -2.43. The van der Waals surface area contributed by atoms with Crippen molar-refractivity contribution in [2.45, 2.75) is 25.9 Å². The number of nitrogens with one attached hydrogen (secondary N) is 2. The second-order valence-corrected chi connectivity index (χ2v) is 5.31. The molecule has 0 aliphatic rings. The van der Waals surface area contributed by atoms with Crippen LogP contribution in [0.4, 0.5) is 4.79 Å². The van der Waals surface area contributed by atoms with Gasteiger partial charge in [-0.2, -0.15) is 0 Å². The first kappa shape index (κ1) is 13.3. The Kier molecular flexibility index (Phi) is 5.05. The maximum absolute atomic E-state index is 11.4. The van der Waals surface area contributed by atoms with Gasteiger partial charge in [0.1, 0.15) is 0 Å². The molecule has 3 N–H and O–H groups in total. The van der Waals surface area contributed by atoms with Gasteiger partial charge in [-0.25, -0.2) is 4.79 Å². The zero-order chi connectivity index (χ0) is 12.1. The molecule has 2 amide bonds. The van der Waals surface area contributed by atoms with E-state index in [0.29, 0.717) is 4.34 Å². The van der Waals surface area contributed by atoms with E-state index in [1.54, 1.807) is 13.0 Å². The van der Waals surface area contributed by atoms with Crippen LogP contribution >= 0.6 is 22.9 Å². The summed E-state index contributed by atoms with van der Waals surface area (Å²) in [4.78, 5) is 12.4. The van der Waals surface area contributed by atoms with Gasteiger partial charge in [-0.1, -0.05) is 11.6 Å². The highest BCUT2D eigenvalue weighted by Crippen LogP contribution is 2.26. The molecule has 90 valence electrons. The zero-order valence-electron chi connectivity index (χ0n) is 9.16. The molecular weight excluding hydrogens is 248 g/mol. The highest BCUT2D eigenvalue weighted by atomic mass is 35.5. The smallest absolute Gasteiger partial charge is 0.315 e. The molecule has 2 atom stereocenters. The SMILES string of the molecule is CC(NC(=O)N[C@@H](C)CO)c1ccc(Cl)s1. The average molecular weight is 263 g/mol. The molecule has 0 saturated heterocycles. The first-order valence-electron chi connectivity index (χ1n) is 4.96. The van der Waals surface area contributed by atoms with Gasteiger partial charge in [0.2, 0.25) is 0 Å². The van der Waals surface area contributed by atoms with Crippen LogP contribution in [-0.4, -0.2) is 23.8 Å². The van der Waals surface area contributed by atoms with Gasteiger partial charge in [-0.15, -0.1) is 11.3 Å². The van der Waals surface area contributed by atoms with Gasteiger partial charge in [0.05, 0.1) is 23.0 Å². The Morgan fingerprint density at radius 1 is 1.50 bits per heavy atom. The third-order valence-corrected chi connectivity index (χ3v) is 3.43. The number of hydrogen-bond donors (Lipinski definition) is 3. The lowest BCUT2D eigenvalue weighted by Gasteiger charge is -2.15. The number of hydrogen-bond acceptors (Lipinski definition) is 3. The number of aliphatic hydroxyl groups is 1. The molecule has 0 bridgehead atoms. The number of amides is 2. The quantitative estimate of drug-likeness (QED) is 0.779. The Balaban J connectivity index is 2.45. The molecule has 1 unspecified atom stereocenters. The number of rotatable bonds is 4. The number of carbonyl (C=O) groups excluding carboxylic acids is 1. The summed E-state index contributed by atoms with van der Waals surface area (Å²) in [6.07, 6.45) is 0. The maximum atomic E-state index is 11.4. The van der Waals surface area contributed by atoms with E-state index in [9.17, 15) is 4.79 Å². The van der Waals surface area contributed by atoms with Crippen LogP contribution in [0.2, 0.25) is 4.34 Å². The van der Waals surface area contributed by atoms with E-state index in [0.717, 1.165) is 4.88 Å². The van der Waals surface area contributed by atoms with E-state index in [1.165, 1.54) is 11.3 Å². The molecule has 1 heterocycles. The summed E-state index contributed by atoms with van der Waals surface area (Å²) in [7, 11) is 0. The fourth-order valence-corrected chi connectivity index (χ4v) is 2.20. The Bertz CT molecular complexity index is 356. The molecular formula is C10H15ClN2O2S. The molecule has 4 nitrogen and oxygen atoms in total. The molecule has 6 heteroatoms. The minimum absolute atomic E-state index is 0.0768. The van der Waals surface area contributed by atoms with E-state index in [-0.39, 0.29) is 24.7 Å². The summed E-state index contributed by atoms with van der Waals surface area (Å²) in [5.74, 6) is 0. The van der Waals surface area contributed by atoms with Gasteiger partial charge in [-0.05, 0) is 26.0 Å². The Labute approximate surface area is 104 Å². The third kappa shape index (κ3) is 4.00. The predicted octanol–water partition coefficient (Wildman–Crippen LogP) is 2.14. The first-order valence-corrected chi connectivity index (χ1v) is 6.15. The Morgan fingerprint density at radius 2 is 2.19 bits per heavy atom. The molecule has 1 aromatic heterocycles. The van der Waals surface area contributed by atoms with Crippen molar-refractivity contribution in [3.8, 4) is 0 Å². The van der Waals surface area contributed by atoms with E-state index >= 15 is 0 Å². The van der Waals surface area contributed by atoms with Crippen LogP contribution in [0, 0.1) is 0 Å². The molecule has 0 spiro atoms. The van der Waals surface area contributed by atoms with E-state index in [1.807, 2.05) is 13.0 Å². The minimum Gasteiger partial charge on any atom is -0.394 e. The number of aliphatic hydroxyl groups excluding tert-OH is 1. The summed E-state index contributed by atoms with van der Waals surface area (Å²) in [5, 5.41) is 14.2. The topological polar surface area (TPSA) is 61.4 Å². The van der Waals surface area contributed by atoms with Gasteiger partial charge >= 0.3 is 6.03 Å². The van der Waals surface area contributed by atoms with Gasteiger partial charge in [-0.3, -0.25) is 0 Å². The third-order valence-electron chi connectivity index (χ3n) is 2.02. The maximum Gasteiger partial charge on any atom is 0.315 e. The lowest BCUT2D eigenvalue weighted by molar-refractivity contribution is 0.218. The van der Waals surface area contributed by atoms with Crippen molar-refractivity contribution < 1.29 is 9.90 Å². The number of carbonyl (C=O) groups is 1. The molecule has 0 aliphatic carbocycles. The minimum atomic E-state index is -0.293. The number of thiophene rings is 1. The van der Waals surface area contributed by atoms with E-state index in [4.69, 9.17) is 16.7 Å². The molecule has 1 rings (SSSR count). The highest BCUT2D eigenvalue weighted by Gasteiger charge is 2.12. The molecule has 0 saturated carbocycles. The zero-order valence-corrected chi connectivity index (χ0v) is 10.7. The van der Waals surface area contributed by atoms with Crippen molar-refractivity contribution >= 4 is 29.0 Å².